The average molecular weight is 433 g/mol. The molecule has 0 atom stereocenters. The lowest BCUT2D eigenvalue weighted by Crippen LogP contribution is -2.56. The number of imidazole rings is 1. The highest BCUT2D eigenvalue weighted by atomic mass is 16.5. The number of carbonyl (C=O) groups excluding carboxylic acids is 1. The van der Waals surface area contributed by atoms with E-state index in [1.54, 1.807) is 12.5 Å². The van der Waals surface area contributed by atoms with Gasteiger partial charge in [-0.3, -0.25) is 9.36 Å². The van der Waals surface area contributed by atoms with Crippen molar-refractivity contribution in [3.05, 3.63) is 66.5 Å². The van der Waals surface area contributed by atoms with Crippen molar-refractivity contribution in [2.45, 2.75) is 25.2 Å². The molecule has 4 heterocycles. The van der Waals surface area contributed by atoms with Gasteiger partial charge in [-0.2, -0.15) is 0 Å². The van der Waals surface area contributed by atoms with Gasteiger partial charge in [-0.05, 0) is 25.3 Å². The van der Waals surface area contributed by atoms with Crippen molar-refractivity contribution in [3.8, 4) is 5.82 Å². The Morgan fingerprint density at radius 3 is 2.41 bits per heavy atom. The van der Waals surface area contributed by atoms with Crippen molar-refractivity contribution in [2.24, 2.45) is 0 Å². The molecule has 1 amide bonds. The van der Waals surface area contributed by atoms with Gasteiger partial charge in [0.05, 0.1) is 5.41 Å². The minimum atomic E-state index is -0.484. The van der Waals surface area contributed by atoms with Crippen molar-refractivity contribution in [1.82, 2.24) is 24.4 Å². The number of carbonyl (C=O) groups is 1. The van der Waals surface area contributed by atoms with E-state index in [-0.39, 0.29) is 5.91 Å². The Hall–Kier alpha value is -3.26. The molecule has 2 aliphatic rings. The number of nitrogens with zero attached hydrogens (tertiary/aromatic N) is 6. The standard InChI is InChI=1S/C24H28N6O2/c1-19-26-21(17-22(27-19)30-10-9-25-18-30)28-11-13-29(14-12-28)23(31)24(7-15-32-16-8-24)20-5-3-2-4-6-20/h2-6,9-10,17-18H,7-8,11-16H2,1H3. The highest BCUT2D eigenvalue weighted by Gasteiger charge is 2.44. The summed E-state index contributed by atoms with van der Waals surface area (Å²) < 4.78 is 7.49. The minimum absolute atomic E-state index is 0.227. The number of aromatic nitrogens is 4. The van der Waals surface area contributed by atoms with E-state index in [4.69, 9.17) is 4.74 Å². The molecule has 2 saturated heterocycles. The summed E-state index contributed by atoms with van der Waals surface area (Å²) in [5.74, 6) is 2.63. The quantitative estimate of drug-likeness (QED) is 0.630. The van der Waals surface area contributed by atoms with Gasteiger partial charge >= 0.3 is 0 Å². The Labute approximate surface area is 187 Å². The summed E-state index contributed by atoms with van der Waals surface area (Å²) in [6.07, 6.45) is 6.81. The normalized spacial score (nSPS) is 18.5. The second-order valence-corrected chi connectivity index (χ2v) is 8.44. The third kappa shape index (κ3) is 3.86. The van der Waals surface area contributed by atoms with E-state index in [1.165, 1.54) is 0 Å². The van der Waals surface area contributed by atoms with E-state index in [0.717, 1.165) is 49.0 Å². The lowest BCUT2D eigenvalue weighted by Gasteiger charge is -2.43. The molecule has 2 fully saturated rings. The zero-order valence-corrected chi connectivity index (χ0v) is 18.4. The van der Waals surface area contributed by atoms with E-state index < -0.39 is 5.41 Å². The second-order valence-electron chi connectivity index (χ2n) is 8.44. The SMILES string of the molecule is Cc1nc(N2CCN(C(=O)C3(c4ccccc4)CCOCC3)CC2)cc(-n2ccnc2)n1. The molecule has 0 unspecified atom stereocenters. The van der Waals surface area contributed by atoms with E-state index >= 15 is 0 Å². The van der Waals surface area contributed by atoms with E-state index in [9.17, 15) is 4.79 Å². The van der Waals surface area contributed by atoms with Gasteiger partial charge in [0, 0.05) is 57.9 Å². The lowest BCUT2D eigenvalue weighted by molar-refractivity contribution is -0.141. The summed E-state index contributed by atoms with van der Waals surface area (Å²) in [7, 11) is 0. The van der Waals surface area contributed by atoms with E-state index in [1.807, 2.05) is 46.9 Å². The van der Waals surface area contributed by atoms with Crippen LogP contribution in [0.15, 0.2) is 55.1 Å². The van der Waals surface area contributed by atoms with Crippen LogP contribution in [0.5, 0.6) is 0 Å². The van der Waals surface area contributed by atoms with Gasteiger partial charge in [0.25, 0.3) is 0 Å². The summed E-state index contributed by atoms with van der Waals surface area (Å²) in [5.41, 5.74) is 0.619. The first kappa shape index (κ1) is 20.6. The minimum Gasteiger partial charge on any atom is -0.381 e. The number of piperazine rings is 1. The van der Waals surface area contributed by atoms with Crippen LogP contribution in [0, 0.1) is 6.92 Å². The molecular weight excluding hydrogens is 404 g/mol. The highest BCUT2D eigenvalue weighted by Crippen LogP contribution is 2.37. The zero-order valence-electron chi connectivity index (χ0n) is 18.4. The van der Waals surface area contributed by atoms with Crippen molar-refractivity contribution >= 4 is 11.7 Å². The summed E-state index contributed by atoms with van der Waals surface area (Å²) in [6, 6.07) is 12.2. The molecule has 2 aliphatic heterocycles. The number of hydrogen-bond donors (Lipinski definition) is 0. The summed E-state index contributed by atoms with van der Waals surface area (Å²) >= 11 is 0. The fourth-order valence-electron chi connectivity index (χ4n) is 4.77. The maximum Gasteiger partial charge on any atom is 0.233 e. The van der Waals surface area contributed by atoms with E-state index in [0.29, 0.717) is 26.3 Å². The maximum atomic E-state index is 13.8. The van der Waals surface area contributed by atoms with Crippen LogP contribution >= 0.6 is 0 Å². The number of hydrogen-bond acceptors (Lipinski definition) is 6. The maximum absolute atomic E-state index is 13.8. The largest absolute Gasteiger partial charge is 0.381 e. The number of amides is 1. The first-order valence-corrected chi connectivity index (χ1v) is 11.2. The Balaban J connectivity index is 1.33. The number of anilines is 1. The van der Waals surface area contributed by atoms with Gasteiger partial charge in [-0.25, -0.2) is 15.0 Å². The summed E-state index contributed by atoms with van der Waals surface area (Å²) in [4.78, 5) is 31.3. The van der Waals surface area contributed by atoms with Crippen molar-refractivity contribution in [2.75, 3.05) is 44.3 Å². The zero-order chi connectivity index (χ0) is 22.0. The molecule has 32 heavy (non-hydrogen) atoms. The molecule has 0 N–H and O–H groups in total. The monoisotopic (exact) mass is 432 g/mol. The number of benzene rings is 1. The van der Waals surface area contributed by atoms with Gasteiger partial charge in [-0.15, -0.1) is 0 Å². The number of ether oxygens (including phenoxy) is 1. The fourth-order valence-corrected chi connectivity index (χ4v) is 4.77. The van der Waals surface area contributed by atoms with Gasteiger partial charge in [0.15, 0.2) is 0 Å². The van der Waals surface area contributed by atoms with Crippen molar-refractivity contribution in [3.63, 3.8) is 0 Å². The predicted molar refractivity (Wildman–Crippen MR) is 121 cm³/mol. The molecule has 0 saturated carbocycles. The van der Waals surface area contributed by atoms with Crippen LogP contribution in [-0.2, 0) is 14.9 Å². The van der Waals surface area contributed by atoms with Crippen LogP contribution in [0.4, 0.5) is 5.82 Å². The molecule has 3 aromatic rings. The Morgan fingerprint density at radius 2 is 1.72 bits per heavy atom. The van der Waals surface area contributed by atoms with Crippen LogP contribution in [0.25, 0.3) is 5.82 Å². The molecule has 166 valence electrons. The predicted octanol–water partition coefficient (Wildman–Crippen LogP) is 2.37. The molecule has 8 nitrogen and oxygen atoms in total. The van der Waals surface area contributed by atoms with Crippen molar-refractivity contribution in [1.29, 1.82) is 0 Å². The summed E-state index contributed by atoms with van der Waals surface area (Å²) in [5, 5.41) is 0. The van der Waals surface area contributed by atoms with Crippen LogP contribution < -0.4 is 4.90 Å². The van der Waals surface area contributed by atoms with Crippen LogP contribution in [-0.4, -0.2) is 69.7 Å². The average Bonchev–Trinajstić information content (AvgIpc) is 3.40. The molecule has 8 heteroatoms. The number of rotatable bonds is 4. The third-order valence-electron chi connectivity index (χ3n) is 6.55. The first-order valence-electron chi connectivity index (χ1n) is 11.2. The van der Waals surface area contributed by atoms with Crippen LogP contribution in [0.1, 0.15) is 24.2 Å². The molecule has 2 aromatic heterocycles. The Morgan fingerprint density at radius 1 is 1.00 bits per heavy atom. The van der Waals surface area contributed by atoms with Gasteiger partial charge < -0.3 is 14.5 Å². The first-order chi connectivity index (χ1) is 15.7. The van der Waals surface area contributed by atoms with Crippen LogP contribution in [0.3, 0.4) is 0 Å². The van der Waals surface area contributed by atoms with Gasteiger partial charge in [0.2, 0.25) is 5.91 Å². The highest BCUT2D eigenvalue weighted by molar-refractivity contribution is 5.88. The Bertz CT molecular complexity index is 1060. The molecule has 5 rings (SSSR count). The molecule has 1 aromatic carbocycles. The number of aryl methyl sites for hydroxylation is 1. The fraction of sp³-hybridized carbons (Fsp3) is 0.417. The summed E-state index contributed by atoms with van der Waals surface area (Å²) in [6.45, 7) is 5.99. The molecule has 0 spiro atoms. The van der Waals surface area contributed by atoms with Crippen LogP contribution in [0.2, 0.25) is 0 Å². The molecule has 0 radical (unpaired) electrons. The lowest BCUT2D eigenvalue weighted by atomic mass is 9.73. The van der Waals surface area contributed by atoms with Gasteiger partial charge in [0.1, 0.15) is 23.8 Å². The van der Waals surface area contributed by atoms with Crippen molar-refractivity contribution < 1.29 is 9.53 Å². The molecule has 0 bridgehead atoms. The molecular formula is C24H28N6O2. The van der Waals surface area contributed by atoms with Gasteiger partial charge in [-0.1, -0.05) is 30.3 Å². The molecule has 0 aliphatic carbocycles. The topological polar surface area (TPSA) is 76.4 Å². The smallest absolute Gasteiger partial charge is 0.233 e. The Kier molecular flexibility index (Phi) is 5.61. The second kappa shape index (κ2) is 8.70. The third-order valence-corrected chi connectivity index (χ3v) is 6.55. The van der Waals surface area contributed by atoms with E-state index in [2.05, 4.69) is 32.0 Å².